The molecule has 0 fully saturated rings. The molecule has 0 saturated heterocycles. The van der Waals surface area contributed by atoms with E-state index in [9.17, 15) is 18.3 Å². The molecule has 0 aromatic heterocycles. The van der Waals surface area contributed by atoms with Crippen LogP contribution in [0.1, 0.15) is 13.3 Å². The lowest BCUT2D eigenvalue weighted by atomic mass is 10.0. The maximum Gasteiger partial charge on any atom is 0.373 e. The number of sulfonamides is 1. The summed E-state index contributed by atoms with van der Waals surface area (Å²) < 4.78 is 48.2. The second kappa shape index (κ2) is 11.8. The van der Waals surface area contributed by atoms with E-state index in [1.54, 1.807) is 18.2 Å². The average Bonchev–Trinajstić information content (AvgIpc) is 2.76. The van der Waals surface area contributed by atoms with E-state index in [1.165, 1.54) is 25.3 Å². The van der Waals surface area contributed by atoms with Crippen molar-refractivity contribution in [1.29, 1.82) is 0 Å². The molecule has 0 spiro atoms. The van der Waals surface area contributed by atoms with E-state index in [2.05, 4.69) is 6.58 Å². The molecule has 0 saturated carbocycles. The Bertz CT molecular complexity index is 866. The van der Waals surface area contributed by atoms with Gasteiger partial charge in [-0.2, -0.15) is 4.31 Å². The van der Waals surface area contributed by atoms with E-state index in [-0.39, 0.29) is 49.5 Å². The summed E-state index contributed by atoms with van der Waals surface area (Å²) in [5, 5.41) is 9.32. The molecule has 9 nitrogen and oxygen atoms in total. The number of rotatable bonds is 12. The Morgan fingerprint density at radius 3 is 2.65 bits per heavy atom. The molecule has 172 valence electrons. The van der Waals surface area contributed by atoms with Gasteiger partial charge in [-0.3, -0.25) is 0 Å². The van der Waals surface area contributed by atoms with Gasteiger partial charge in [0.05, 0.1) is 25.2 Å². The Morgan fingerprint density at radius 2 is 2.03 bits per heavy atom. The maximum absolute atomic E-state index is 12.9. The molecule has 0 aliphatic carbocycles. The van der Waals surface area contributed by atoms with Crippen molar-refractivity contribution in [3.8, 4) is 5.75 Å². The summed E-state index contributed by atoms with van der Waals surface area (Å²) in [7, 11) is -2.34. The summed E-state index contributed by atoms with van der Waals surface area (Å²) in [5.41, 5.74) is 0. The van der Waals surface area contributed by atoms with Crippen LogP contribution in [0.15, 0.2) is 53.7 Å². The first-order chi connectivity index (χ1) is 14.8. The third kappa shape index (κ3) is 7.06. The highest BCUT2D eigenvalue weighted by Crippen LogP contribution is 2.24. The molecule has 1 aliphatic heterocycles. The third-order valence-electron chi connectivity index (χ3n) is 4.48. The van der Waals surface area contributed by atoms with Crippen LogP contribution >= 0.6 is 0 Å². The van der Waals surface area contributed by atoms with Crippen LogP contribution < -0.4 is 4.74 Å². The average molecular weight is 456 g/mol. The van der Waals surface area contributed by atoms with Crippen LogP contribution in [0.25, 0.3) is 0 Å². The topological polar surface area (TPSA) is 112 Å². The van der Waals surface area contributed by atoms with E-state index < -0.39 is 22.3 Å². The summed E-state index contributed by atoms with van der Waals surface area (Å²) in [6.45, 7) is 5.06. The van der Waals surface area contributed by atoms with Gasteiger partial charge >= 0.3 is 5.97 Å². The SMILES string of the molecule is C=CCOC(=O)C1=C[C@H](C)C[C@H](OCCN(CCO)S(=O)(=O)c2ccc(OC)cc2)O1. The van der Waals surface area contributed by atoms with Crippen molar-refractivity contribution in [3.63, 3.8) is 0 Å². The second-order valence-electron chi connectivity index (χ2n) is 6.85. The number of aliphatic hydroxyl groups is 1. The van der Waals surface area contributed by atoms with Crippen LogP contribution in [0.4, 0.5) is 0 Å². The normalized spacial score (nSPS) is 18.8. The Hall–Kier alpha value is -2.40. The number of carbonyl (C=O) groups is 1. The first-order valence-electron chi connectivity index (χ1n) is 9.85. The minimum Gasteiger partial charge on any atom is -0.497 e. The molecule has 0 unspecified atom stereocenters. The van der Waals surface area contributed by atoms with Crippen LogP contribution in [0.5, 0.6) is 5.75 Å². The van der Waals surface area contributed by atoms with Gasteiger partial charge in [-0.15, -0.1) is 0 Å². The number of aliphatic hydroxyl groups excluding tert-OH is 1. The smallest absolute Gasteiger partial charge is 0.373 e. The zero-order valence-electron chi connectivity index (χ0n) is 17.7. The Morgan fingerprint density at radius 1 is 1.32 bits per heavy atom. The molecule has 1 aliphatic rings. The first kappa shape index (κ1) is 24.9. The number of esters is 1. The number of carbonyl (C=O) groups excluding carboxylic acids is 1. The van der Waals surface area contributed by atoms with E-state index in [4.69, 9.17) is 18.9 Å². The van der Waals surface area contributed by atoms with E-state index in [0.717, 1.165) is 4.31 Å². The van der Waals surface area contributed by atoms with Crippen molar-refractivity contribution in [1.82, 2.24) is 4.31 Å². The van der Waals surface area contributed by atoms with Gasteiger partial charge in [0.25, 0.3) is 0 Å². The number of hydrogen-bond acceptors (Lipinski definition) is 8. The number of hydrogen-bond donors (Lipinski definition) is 1. The zero-order chi connectivity index (χ0) is 22.9. The third-order valence-corrected chi connectivity index (χ3v) is 6.40. The van der Waals surface area contributed by atoms with Gasteiger partial charge in [0, 0.05) is 19.5 Å². The molecule has 1 heterocycles. The maximum atomic E-state index is 12.9. The zero-order valence-corrected chi connectivity index (χ0v) is 18.5. The van der Waals surface area contributed by atoms with Gasteiger partial charge < -0.3 is 24.1 Å². The van der Waals surface area contributed by atoms with Crippen LogP contribution in [0, 0.1) is 5.92 Å². The fourth-order valence-corrected chi connectivity index (χ4v) is 4.34. The van der Waals surface area contributed by atoms with E-state index in [1.807, 2.05) is 6.92 Å². The van der Waals surface area contributed by atoms with Crippen molar-refractivity contribution in [3.05, 3.63) is 48.8 Å². The minimum absolute atomic E-state index is 0.00310. The molecule has 31 heavy (non-hydrogen) atoms. The molecular formula is C21H29NO8S. The van der Waals surface area contributed by atoms with Crippen LogP contribution in [0.3, 0.4) is 0 Å². The van der Waals surface area contributed by atoms with Crippen molar-refractivity contribution in [2.24, 2.45) is 5.92 Å². The molecule has 2 rings (SSSR count). The predicted molar refractivity (Wildman–Crippen MR) is 113 cm³/mol. The lowest BCUT2D eigenvalue weighted by Gasteiger charge is -2.28. The predicted octanol–water partition coefficient (Wildman–Crippen LogP) is 1.69. The summed E-state index contributed by atoms with van der Waals surface area (Å²) in [6.07, 6.45) is 2.91. The molecule has 1 N–H and O–H groups in total. The van der Waals surface area contributed by atoms with Crippen molar-refractivity contribution in [2.45, 2.75) is 24.5 Å². The Kier molecular flexibility index (Phi) is 9.50. The highest BCUT2D eigenvalue weighted by molar-refractivity contribution is 7.89. The number of ether oxygens (including phenoxy) is 4. The van der Waals surface area contributed by atoms with Crippen LogP contribution in [-0.2, 0) is 29.0 Å². The monoisotopic (exact) mass is 455 g/mol. The fraction of sp³-hybridized carbons (Fsp3) is 0.476. The van der Waals surface area contributed by atoms with Crippen molar-refractivity contribution >= 4 is 16.0 Å². The lowest BCUT2D eigenvalue weighted by Crippen LogP contribution is -2.37. The summed E-state index contributed by atoms with van der Waals surface area (Å²) in [6, 6.07) is 5.99. The molecule has 1 aromatic carbocycles. The number of nitrogens with zero attached hydrogens (tertiary/aromatic N) is 1. The summed E-state index contributed by atoms with van der Waals surface area (Å²) in [5.74, 6) is 0.00403. The standard InChI is InChI=1S/C21H29NO8S/c1-4-12-29-21(24)19-14-16(2)15-20(30-19)28-13-10-22(9-11-23)31(25,26)18-7-5-17(27-3)6-8-18/h4-8,14,16,20,23H,1,9-13,15H2,2-3H3/t16-,20+/m0/s1. The van der Waals surface area contributed by atoms with Crippen LogP contribution in [-0.4, -0.2) is 70.1 Å². The van der Waals surface area contributed by atoms with Gasteiger partial charge in [-0.1, -0.05) is 19.6 Å². The number of allylic oxidation sites excluding steroid dienone is 1. The molecule has 0 radical (unpaired) electrons. The number of benzene rings is 1. The lowest BCUT2D eigenvalue weighted by molar-refractivity contribution is -0.162. The summed E-state index contributed by atoms with van der Waals surface area (Å²) in [4.78, 5) is 12.1. The van der Waals surface area contributed by atoms with Gasteiger partial charge in [0.2, 0.25) is 22.1 Å². The van der Waals surface area contributed by atoms with Gasteiger partial charge in [-0.05, 0) is 36.3 Å². The first-order valence-corrected chi connectivity index (χ1v) is 11.3. The summed E-state index contributed by atoms with van der Waals surface area (Å²) >= 11 is 0. The largest absolute Gasteiger partial charge is 0.497 e. The quantitative estimate of drug-likeness (QED) is 0.374. The Labute approximate surface area is 182 Å². The fourth-order valence-electron chi connectivity index (χ4n) is 2.93. The number of methoxy groups -OCH3 is 1. The highest BCUT2D eigenvalue weighted by Gasteiger charge is 2.28. The van der Waals surface area contributed by atoms with Gasteiger partial charge in [0.1, 0.15) is 12.4 Å². The second-order valence-corrected chi connectivity index (χ2v) is 8.79. The molecule has 2 atom stereocenters. The molecule has 1 aromatic rings. The van der Waals surface area contributed by atoms with Crippen molar-refractivity contribution in [2.75, 3.05) is 40.0 Å². The molecule has 0 amide bonds. The van der Waals surface area contributed by atoms with Crippen LogP contribution in [0.2, 0.25) is 0 Å². The molecule has 0 bridgehead atoms. The van der Waals surface area contributed by atoms with Crippen molar-refractivity contribution < 1.29 is 37.3 Å². The van der Waals surface area contributed by atoms with Gasteiger partial charge in [0.15, 0.2) is 0 Å². The molecule has 10 heteroatoms. The van der Waals surface area contributed by atoms with E-state index >= 15 is 0 Å². The Balaban J connectivity index is 1.98. The highest BCUT2D eigenvalue weighted by atomic mass is 32.2. The van der Waals surface area contributed by atoms with E-state index in [0.29, 0.717) is 12.2 Å². The minimum atomic E-state index is -3.83. The van der Waals surface area contributed by atoms with Gasteiger partial charge in [-0.25, -0.2) is 13.2 Å². The molecular weight excluding hydrogens is 426 g/mol.